The van der Waals surface area contributed by atoms with Gasteiger partial charge in [-0.3, -0.25) is 14.8 Å². The quantitative estimate of drug-likeness (QED) is 0.357. The Balaban J connectivity index is 1.54. The zero-order valence-corrected chi connectivity index (χ0v) is 19.5. The predicted octanol–water partition coefficient (Wildman–Crippen LogP) is 4.78. The van der Waals surface area contributed by atoms with E-state index in [-0.39, 0.29) is 5.91 Å². The molecule has 4 rings (SSSR count). The number of halogens is 1. The first-order valence-electron chi connectivity index (χ1n) is 10.2. The lowest BCUT2D eigenvalue weighted by Crippen LogP contribution is -2.18. The van der Waals surface area contributed by atoms with Crippen molar-refractivity contribution < 1.29 is 9.53 Å². The third-order valence-corrected chi connectivity index (χ3v) is 5.90. The molecule has 32 heavy (non-hydrogen) atoms. The zero-order chi connectivity index (χ0) is 22.5. The number of thiazole rings is 1. The van der Waals surface area contributed by atoms with Crippen LogP contribution in [0.1, 0.15) is 22.5 Å². The number of fused-ring (bicyclic) bond motifs is 1. The second-order valence-corrected chi connectivity index (χ2v) is 9.07. The van der Waals surface area contributed by atoms with Crippen LogP contribution < -0.4 is 10.1 Å². The van der Waals surface area contributed by atoms with Crippen molar-refractivity contribution in [1.82, 2.24) is 19.7 Å². The minimum atomic E-state index is -0.290. The van der Waals surface area contributed by atoms with Gasteiger partial charge in [-0.25, -0.2) is 4.98 Å². The molecular weight excluding hydrogens is 446 g/mol. The molecule has 9 heteroatoms. The Morgan fingerprint density at radius 1 is 1.19 bits per heavy atom. The van der Waals surface area contributed by atoms with Crippen LogP contribution in [-0.2, 0) is 6.54 Å². The molecule has 0 bridgehead atoms. The fraction of sp³-hybridized carbons (Fsp3) is 0.261. The number of aromatic nitrogens is 3. The summed E-state index contributed by atoms with van der Waals surface area (Å²) >= 11 is 7.44. The van der Waals surface area contributed by atoms with E-state index in [1.807, 2.05) is 56.6 Å². The number of hydrogen-bond acceptors (Lipinski definition) is 6. The Hall–Kier alpha value is -2.94. The SMILES string of the molecule is CN(C)CCCOc1cc(C(=O)Nc2nc3ccc(Cl)cc3s2)n(Cc2ccccc2)n1. The fourth-order valence-electron chi connectivity index (χ4n) is 3.19. The van der Waals surface area contributed by atoms with Gasteiger partial charge >= 0.3 is 0 Å². The molecule has 0 spiro atoms. The zero-order valence-electron chi connectivity index (χ0n) is 17.9. The fourth-order valence-corrected chi connectivity index (χ4v) is 4.33. The van der Waals surface area contributed by atoms with Crippen LogP contribution in [0.25, 0.3) is 10.2 Å². The van der Waals surface area contributed by atoms with Crippen molar-refractivity contribution >= 4 is 44.2 Å². The third-order valence-electron chi connectivity index (χ3n) is 4.74. The number of hydrogen-bond donors (Lipinski definition) is 1. The smallest absolute Gasteiger partial charge is 0.275 e. The number of ether oxygens (including phenoxy) is 1. The summed E-state index contributed by atoms with van der Waals surface area (Å²) in [5.41, 5.74) is 2.24. The summed E-state index contributed by atoms with van der Waals surface area (Å²) < 4.78 is 8.39. The second kappa shape index (κ2) is 10.1. The topological polar surface area (TPSA) is 72.3 Å². The van der Waals surface area contributed by atoms with Crippen molar-refractivity contribution in [2.45, 2.75) is 13.0 Å². The maximum absolute atomic E-state index is 13.1. The minimum Gasteiger partial charge on any atom is -0.477 e. The van der Waals surface area contributed by atoms with Gasteiger partial charge < -0.3 is 9.64 Å². The predicted molar refractivity (Wildman–Crippen MR) is 129 cm³/mol. The lowest BCUT2D eigenvalue weighted by Gasteiger charge is -2.08. The summed E-state index contributed by atoms with van der Waals surface area (Å²) in [6, 6.07) is 17.0. The summed E-state index contributed by atoms with van der Waals surface area (Å²) in [6.07, 6.45) is 0.869. The van der Waals surface area contributed by atoms with E-state index in [2.05, 4.69) is 20.3 Å². The second-order valence-electron chi connectivity index (χ2n) is 7.60. The highest BCUT2D eigenvalue weighted by Crippen LogP contribution is 2.28. The van der Waals surface area contributed by atoms with Gasteiger partial charge in [-0.2, -0.15) is 0 Å². The maximum atomic E-state index is 13.1. The molecule has 0 aliphatic heterocycles. The molecule has 1 N–H and O–H groups in total. The van der Waals surface area contributed by atoms with Gasteiger partial charge in [0, 0.05) is 17.6 Å². The van der Waals surface area contributed by atoms with Crippen molar-refractivity contribution in [2.75, 3.05) is 32.6 Å². The third kappa shape index (κ3) is 5.64. The van der Waals surface area contributed by atoms with Gasteiger partial charge in [0.15, 0.2) is 5.13 Å². The van der Waals surface area contributed by atoms with Crippen molar-refractivity contribution in [2.24, 2.45) is 0 Å². The van der Waals surface area contributed by atoms with E-state index in [9.17, 15) is 4.79 Å². The van der Waals surface area contributed by atoms with Gasteiger partial charge in [0.1, 0.15) is 5.69 Å². The number of anilines is 1. The highest BCUT2D eigenvalue weighted by Gasteiger charge is 2.18. The van der Waals surface area contributed by atoms with E-state index in [1.165, 1.54) is 11.3 Å². The monoisotopic (exact) mass is 469 g/mol. The standard InChI is InChI=1S/C23H24ClN5O2S/c1-28(2)11-6-12-31-21-14-19(29(27-21)15-16-7-4-3-5-8-16)22(30)26-23-25-18-10-9-17(24)13-20(18)32-23/h3-5,7-10,13-14H,6,11-12,15H2,1-2H3,(H,25,26,30). The molecular formula is C23H24ClN5O2S. The average Bonchev–Trinajstić information content (AvgIpc) is 3.34. The number of carbonyl (C=O) groups is 1. The first-order valence-corrected chi connectivity index (χ1v) is 11.4. The van der Waals surface area contributed by atoms with Gasteiger partial charge in [0.25, 0.3) is 5.91 Å². The lowest BCUT2D eigenvalue weighted by atomic mass is 10.2. The Kier molecular flexibility index (Phi) is 7.04. The van der Waals surface area contributed by atoms with Crippen LogP contribution in [0.5, 0.6) is 5.88 Å². The van der Waals surface area contributed by atoms with Gasteiger partial charge in [-0.15, -0.1) is 5.10 Å². The Morgan fingerprint density at radius 2 is 2.00 bits per heavy atom. The van der Waals surface area contributed by atoms with Crippen molar-refractivity contribution in [3.63, 3.8) is 0 Å². The number of rotatable bonds is 9. The number of nitrogens with one attached hydrogen (secondary N) is 1. The first kappa shape index (κ1) is 22.3. The average molecular weight is 470 g/mol. The molecule has 2 aromatic carbocycles. The molecule has 166 valence electrons. The van der Waals surface area contributed by atoms with Crippen LogP contribution in [0.4, 0.5) is 5.13 Å². The number of carbonyl (C=O) groups excluding carboxylic acids is 1. The van der Waals surface area contributed by atoms with E-state index in [4.69, 9.17) is 16.3 Å². The molecule has 0 aliphatic rings. The molecule has 0 aliphatic carbocycles. The Morgan fingerprint density at radius 3 is 2.78 bits per heavy atom. The van der Waals surface area contributed by atoms with Crippen LogP contribution in [0, 0.1) is 0 Å². The van der Waals surface area contributed by atoms with Crippen LogP contribution in [0.2, 0.25) is 5.02 Å². The van der Waals surface area contributed by atoms with Gasteiger partial charge in [0.2, 0.25) is 5.88 Å². The molecule has 0 radical (unpaired) electrons. The summed E-state index contributed by atoms with van der Waals surface area (Å²) in [5.74, 6) is 0.141. The van der Waals surface area contributed by atoms with Gasteiger partial charge in [0.05, 0.1) is 23.4 Å². The van der Waals surface area contributed by atoms with Crippen LogP contribution in [-0.4, -0.2) is 52.8 Å². The molecule has 0 saturated heterocycles. The highest BCUT2D eigenvalue weighted by molar-refractivity contribution is 7.22. The Bertz CT molecular complexity index is 1210. The van der Waals surface area contributed by atoms with Gasteiger partial charge in [-0.1, -0.05) is 53.3 Å². The molecule has 4 aromatic rings. The summed E-state index contributed by atoms with van der Waals surface area (Å²) in [5, 5.41) is 8.56. The van der Waals surface area contributed by atoms with E-state index < -0.39 is 0 Å². The molecule has 0 atom stereocenters. The van der Waals surface area contributed by atoms with E-state index in [0.29, 0.717) is 34.9 Å². The number of nitrogens with zero attached hydrogens (tertiary/aromatic N) is 4. The Labute approximate surface area is 195 Å². The van der Waals surface area contributed by atoms with Crippen LogP contribution in [0.15, 0.2) is 54.6 Å². The van der Waals surface area contributed by atoms with E-state index in [1.54, 1.807) is 16.8 Å². The summed E-state index contributed by atoms with van der Waals surface area (Å²) in [6.45, 7) is 1.90. The summed E-state index contributed by atoms with van der Waals surface area (Å²) in [7, 11) is 4.04. The van der Waals surface area contributed by atoms with E-state index in [0.717, 1.165) is 28.7 Å². The molecule has 0 unspecified atom stereocenters. The summed E-state index contributed by atoms with van der Waals surface area (Å²) in [4.78, 5) is 19.7. The molecule has 0 fully saturated rings. The highest BCUT2D eigenvalue weighted by atomic mass is 35.5. The molecule has 1 amide bonds. The van der Waals surface area contributed by atoms with Crippen LogP contribution in [0.3, 0.4) is 0 Å². The lowest BCUT2D eigenvalue weighted by molar-refractivity contribution is 0.101. The molecule has 2 aromatic heterocycles. The largest absolute Gasteiger partial charge is 0.477 e. The van der Waals surface area contributed by atoms with E-state index >= 15 is 0 Å². The van der Waals surface area contributed by atoms with Crippen molar-refractivity contribution in [1.29, 1.82) is 0 Å². The molecule has 7 nitrogen and oxygen atoms in total. The number of benzene rings is 2. The van der Waals surface area contributed by atoms with Crippen LogP contribution >= 0.6 is 22.9 Å². The normalized spacial score (nSPS) is 11.2. The molecule has 2 heterocycles. The van der Waals surface area contributed by atoms with Crippen molar-refractivity contribution in [3.8, 4) is 5.88 Å². The van der Waals surface area contributed by atoms with Crippen molar-refractivity contribution in [3.05, 3.63) is 70.9 Å². The minimum absolute atomic E-state index is 0.290. The first-order chi connectivity index (χ1) is 15.5. The maximum Gasteiger partial charge on any atom is 0.275 e. The molecule has 0 saturated carbocycles. The number of amides is 1. The van der Waals surface area contributed by atoms with Gasteiger partial charge in [-0.05, 0) is 44.3 Å².